The van der Waals surface area contributed by atoms with Crippen LogP contribution in [0.4, 0.5) is 4.79 Å². The number of carbonyl (C=O) groups is 1. The van der Waals surface area contributed by atoms with Crippen LogP contribution in [-0.2, 0) is 0 Å². The molecule has 0 aliphatic carbocycles. The highest BCUT2D eigenvalue weighted by Gasteiger charge is 2.11. The Balaban J connectivity index is 2.21. The molecule has 1 atom stereocenters. The lowest BCUT2D eigenvalue weighted by Crippen LogP contribution is -2.39. The minimum atomic E-state index is -0.806. The number of carbonyl (C=O) groups excluding carboxylic acids is 1. The third kappa shape index (κ3) is 4.35. The van der Waals surface area contributed by atoms with E-state index in [1.54, 1.807) is 12.1 Å². The van der Waals surface area contributed by atoms with E-state index in [9.17, 15) is 9.90 Å². The predicted octanol–water partition coefficient (Wildman–Crippen LogP) is 1.27. The summed E-state index contributed by atoms with van der Waals surface area (Å²) in [5.41, 5.74) is 0. The van der Waals surface area contributed by atoms with Gasteiger partial charge in [-0.2, -0.15) is 0 Å². The molecule has 1 heterocycles. The first-order valence-corrected chi connectivity index (χ1v) is 5.32. The topological polar surface area (TPSA) is 74.5 Å². The van der Waals surface area contributed by atoms with Crippen LogP contribution in [0.2, 0.25) is 0 Å². The summed E-state index contributed by atoms with van der Waals surface area (Å²) >= 11 is 0. The molecule has 90 valence electrons. The maximum absolute atomic E-state index is 11.3. The lowest BCUT2D eigenvalue weighted by molar-refractivity contribution is 0.148. The van der Waals surface area contributed by atoms with Crippen molar-refractivity contribution in [2.75, 3.05) is 13.1 Å². The Kier molecular flexibility index (Phi) is 4.85. The predicted molar refractivity (Wildman–Crippen MR) is 59.9 cm³/mol. The zero-order valence-electron chi connectivity index (χ0n) is 9.56. The highest BCUT2D eigenvalue weighted by atomic mass is 16.4. The molecule has 5 heteroatoms. The first kappa shape index (κ1) is 12.6. The van der Waals surface area contributed by atoms with Crippen LogP contribution in [-0.4, -0.2) is 24.2 Å². The smallest absolute Gasteiger partial charge is 0.314 e. The van der Waals surface area contributed by atoms with Gasteiger partial charge in [-0.25, -0.2) is 4.79 Å². The SMILES string of the molecule is CC(C)CNC(=O)NCC(O)c1ccco1. The maximum atomic E-state index is 11.3. The summed E-state index contributed by atoms with van der Waals surface area (Å²) in [6.45, 7) is 4.77. The van der Waals surface area contributed by atoms with Gasteiger partial charge in [-0.3, -0.25) is 0 Å². The number of rotatable bonds is 5. The second kappa shape index (κ2) is 6.17. The van der Waals surface area contributed by atoms with Gasteiger partial charge < -0.3 is 20.2 Å². The van der Waals surface area contributed by atoms with Crippen molar-refractivity contribution in [3.05, 3.63) is 24.2 Å². The van der Waals surface area contributed by atoms with E-state index in [0.717, 1.165) is 0 Å². The molecule has 1 rings (SSSR count). The third-order valence-corrected chi connectivity index (χ3v) is 2.00. The Hall–Kier alpha value is -1.49. The van der Waals surface area contributed by atoms with E-state index in [4.69, 9.17) is 4.42 Å². The molecule has 0 aliphatic heterocycles. The molecule has 5 nitrogen and oxygen atoms in total. The Morgan fingerprint density at radius 3 is 2.69 bits per heavy atom. The van der Waals surface area contributed by atoms with Gasteiger partial charge in [-0.05, 0) is 18.1 Å². The van der Waals surface area contributed by atoms with Crippen molar-refractivity contribution in [3.63, 3.8) is 0 Å². The lowest BCUT2D eigenvalue weighted by Gasteiger charge is -2.11. The third-order valence-electron chi connectivity index (χ3n) is 2.00. The molecule has 1 unspecified atom stereocenters. The van der Waals surface area contributed by atoms with Gasteiger partial charge in [0.25, 0.3) is 0 Å². The summed E-state index contributed by atoms with van der Waals surface area (Å²) in [6.07, 6.45) is 0.678. The standard InChI is InChI=1S/C11H18N2O3/c1-8(2)6-12-11(15)13-7-9(14)10-4-3-5-16-10/h3-5,8-9,14H,6-7H2,1-2H3,(H2,12,13,15). The number of amides is 2. The largest absolute Gasteiger partial charge is 0.467 e. The van der Waals surface area contributed by atoms with Crippen LogP contribution in [0.15, 0.2) is 22.8 Å². The summed E-state index contributed by atoms with van der Waals surface area (Å²) in [7, 11) is 0. The molecule has 0 radical (unpaired) electrons. The van der Waals surface area contributed by atoms with Crippen molar-refractivity contribution in [3.8, 4) is 0 Å². The second-order valence-corrected chi connectivity index (χ2v) is 4.02. The summed E-state index contributed by atoms with van der Waals surface area (Å²) in [5.74, 6) is 0.852. The molecule has 0 saturated heterocycles. The summed E-state index contributed by atoms with van der Waals surface area (Å²) in [5, 5.41) is 14.9. The van der Waals surface area contributed by atoms with Gasteiger partial charge in [-0.1, -0.05) is 13.8 Å². The van der Waals surface area contributed by atoms with Gasteiger partial charge in [-0.15, -0.1) is 0 Å². The molecule has 0 aromatic carbocycles. The molecule has 0 spiro atoms. The van der Waals surface area contributed by atoms with Gasteiger partial charge in [0.05, 0.1) is 12.8 Å². The Labute approximate surface area is 94.8 Å². The highest BCUT2D eigenvalue weighted by Crippen LogP contribution is 2.11. The first-order chi connectivity index (χ1) is 7.59. The van der Waals surface area contributed by atoms with Crippen molar-refractivity contribution in [1.29, 1.82) is 0 Å². The molecule has 0 fully saturated rings. The molecule has 16 heavy (non-hydrogen) atoms. The van der Waals surface area contributed by atoms with E-state index in [1.807, 2.05) is 13.8 Å². The van der Waals surface area contributed by atoms with Crippen molar-refractivity contribution in [2.45, 2.75) is 20.0 Å². The lowest BCUT2D eigenvalue weighted by atomic mass is 10.2. The highest BCUT2D eigenvalue weighted by molar-refractivity contribution is 5.73. The maximum Gasteiger partial charge on any atom is 0.314 e. The number of furan rings is 1. The van der Waals surface area contributed by atoms with Crippen molar-refractivity contribution in [1.82, 2.24) is 10.6 Å². The van der Waals surface area contributed by atoms with Crippen LogP contribution in [0, 0.1) is 5.92 Å². The van der Waals surface area contributed by atoms with Crippen LogP contribution in [0.3, 0.4) is 0 Å². The molecular weight excluding hydrogens is 208 g/mol. The van der Waals surface area contributed by atoms with E-state index >= 15 is 0 Å². The monoisotopic (exact) mass is 226 g/mol. The van der Waals surface area contributed by atoms with Crippen LogP contribution in [0.5, 0.6) is 0 Å². The number of urea groups is 1. The average molecular weight is 226 g/mol. The fourth-order valence-electron chi connectivity index (χ4n) is 1.13. The number of hydrogen-bond acceptors (Lipinski definition) is 3. The van der Waals surface area contributed by atoms with E-state index in [2.05, 4.69) is 10.6 Å². The van der Waals surface area contributed by atoms with Crippen molar-refractivity contribution >= 4 is 6.03 Å². The molecule has 0 aliphatic rings. The fourth-order valence-corrected chi connectivity index (χ4v) is 1.13. The minimum Gasteiger partial charge on any atom is -0.467 e. The van der Waals surface area contributed by atoms with Crippen LogP contribution >= 0.6 is 0 Å². The molecular formula is C11H18N2O3. The van der Waals surface area contributed by atoms with Crippen molar-refractivity contribution < 1.29 is 14.3 Å². The number of nitrogens with one attached hydrogen (secondary N) is 2. The van der Waals surface area contributed by atoms with E-state index < -0.39 is 6.10 Å². The summed E-state index contributed by atoms with van der Waals surface area (Å²) in [4.78, 5) is 11.3. The molecule has 0 bridgehead atoms. The molecule has 1 aromatic heterocycles. The average Bonchev–Trinajstić information content (AvgIpc) is 2.76. The first-order valence-electron chi connectivity index (χ1n) is 5.32. The Morgan fingerprint density at radius 1 is 1.44 bits per heavy atom. The van der Waals surface area contributed by atoms with E-state index in [1.165, 1.54) is 6.26 Å². The zero-order valence-corrected chi connectivity index (χ0v) is 9.56. The quantitative estimate of drug-likeness (QED) is 0.707. The Morgan fingerprint density at radius 2 is 2.12 bits per heavy atom. The molecule has 0 saturated carbocycles. The van der Waals surface area contributed by atoms with Gasteiger partial charge in [0.1, 0.15) is 11.9 Å². The summed E-state index contributed by atoms with van der Waals surface area (Å²) in [6, 6.07) is 3.08. The van der Waals surface area contributed by atoms with Gasteiger partial charge in [0, 0.05) is 6.54 Å². The Bertz CT molecular complexity index is 309. The number of hydrogen-bond donors (Lipinski definition) is 3. The molecule has 3 N–H and O–H groups in total. The zero-order chi connectivity index (χ0) is 12.0. The van der Waals surface area contributed by atoms with Crippen LogP contribution in [0.25, 0.3) is 0 Å². The second-order valence-electron chi connectivity index (χ2n) is 4.02. The van der Waals surface area contributed by atoms with Crippen LogP contribution < -0.4 is 10.6 Å². The minimum absolute atomic E-state index is 0.136. The molecule has 1 aromatic rings. The van der Waals surface area contributed by atoms with Crippen molar-refractivity contribution in [2.24, 2.45) is 5.92 Å². The fraction of sp³-hybridized carbons (Fsp3) is 0.545. The van der Waals surface area contributed by atoms with E-state index in [-0.39, 0.29) is 12.6 Å². The van der Waals surface area contributed by atoms with Gasteiger partial charge >= 0.3 is 6.03 Å². The summed E-state index contributed by atoms with van der Waals surface area (Å²) < 4.78 is 5.00. The van der Waals surface area contributed by atoms with E-state index in [0.29, 0.717) is 18.2 Å². The van der Waals surface area contributed by atoms with Crippen LogP contribution in [0.1, 0.15) is 25.7 Å². The molecule has 2 amide bonds. The number of aliphatic hydroxyl groups excluding tert-OH is 1. The van der Waals surface area contributed by atoms with Gasteiger partial charge in [0.2, 0.25) is 0 Å². The number of aliphatic hydroxyl groups is 1. The van der Waals surface area contributed by atoms with Gasteiger partial charge in [0.15, 0.2) is 0 Å². The normalized spacial score (nSPS) is 12.5.